The van der Waals surface area contributed by atoms with Crippen molar-refractivity contribution >= 4 is 32.7 Å². The molecule has 0 aliphatic carbocycles. The fourth-order valence-electron chi connectivity index (χ4n) is 3.35. The van der Waals surface area contributed by atoms with Crippen LogP contribution in [0.15, 0.2) is 53.4 Å². The Morgan fingerprint density at radius 2 is 1.84 bits per heavy atom. The SMILES string of the molecule is Cc1[nH]c2c(S(N)(=O)=O)cccc2c1-c1nnc(C(N)=O)c(NCc2ccccc2)n1. The Hall–Kier alpha value is -3.83. The minimum Gasteiger partial charge on any atom is -0.364 e. The summed E-state index contributed by atoms with van der Waals surface area (Å²) in [7, 11) is -3.94. The van der Waals surface area contributed by atoms with Crippen LogP contribution in [-0.4, -0.2) is 34.5 Å². The molecule has 11 heteroatoms. The first-order chi connectivity index (χ1) is 14.8. The van der Waals surface area contributed by atoms with Crippen LogP contribution in [0.3, 0.4) is 0 Å². The van der Waals surface area contributed by atoms with E-state index in [0.29, 0.717) is 28.7 Å². The van der Waals surface area contributed by atoms with Crippen molar-refractivity contribution in [3.63, 3.8) is 0 Å². The molecule has 0 unspecified atom stereocenters. The Labute approximate surface area is 177 Å². The van der Waals surface area contributed by atoms with E-state index in [2.05, 4.69) is 25.5 Å². The second-order valence-electron chi connectivity index (χ2n) is 6.88. The van der Waals surface area contributed by atoms with Gasteiger partial charge in [-0.15, -0.1) is 10.2 Å². The summed E-state index contributed by atoms with van der Waals surface area (Å²) >= 11 is 0. The lowest BCUT2D eigenvalue weighted by Gasteiger charge is -2.10. The third-order valence-corrected chi connectivity index (χ3v) is 5.69. The van der Waals surface area contributed by atoms with E-state index in [1.165, 1.54) is 6.07 Å². The number of nitrogens with two attached hydrogens (primary N) is 2. The largest absolute Gasteiger partial charge is 0.364 e. The van der Waals surface area contributed by atoms with Crippen LogP contribution in [0.1, 0.15) is 21.7 Å². The molecule has 2 aromatic carbocycles. The van der Waals surface area contributed by atoms with Gasteiger partial charge in [0.05, 0.1) is 5.52 Å². The number of aryl methyl sites for hydroxylation is 1. The van der Waals surface area contributed by atoms with Gasteiger partial charge < -0.3 is 16.0 Å². The third kappa shape index (κ3) is 3.96. The van der Waals surface area contributed by atoms with E-state index in [9.17, 15) is 13.2 Å². The summed E-state index contributed by atoms with van der Waals surface area (Å²) in [6, 6.07) is 14.3. The predicted molar refractivity (Wildman–Crippen MR) is 116 cm³/mol. The van der Waals surface area contributed by atoms with Crippen molar-refractivity contribution in [3.8, 4) is 11.4 Å². The van der Waals surface area contributed by atoms with Gasteiger partial charge in [0.15, 0.2) is 17.3 Å². The number of nitrogens with one attached hydrogen (secondary N) is 2. The lowest BCUT2D eigenvalue weighted by molar-refractivity contribution is 0.0995. The minimum absolute atomic E-state index is 0.0384. The van der Waals surface area contributed by atoms with E-state index in [-0.39, 0.29) is 22.2 Å². The topological polar surface area (TPSA) is 170 Å². The summed E-state index contributed by atoms with van der Waals surface area (Å²) in [5, 5.41) is 17.0. The number of rotatable bonds is 6. The molecule has 2 aromatic heterocycles. The Bertz CT molecular complexity index is 1400. The first-order valence-corrected chi connectivity index (χ1v) is 10.8. The van der Waals surface area contributed by atoms with Gasteiger partial charge >= 0.3 is 0 Å². The molecule has 6 N–H and O–H groups in total. The first kappa shape index (κ1) is 20.4. The van der Waals surface area contributed by atoms with E-state index in [0.717, 1.165) is 5.56 Å². The Morgan fingerprint density at radius 3 is 2.52 bits per heavy atom. The average Bonchev–Trinajstić information content (AvgIpc) is 3.07. The van der Waals surface area contributed by atoms with E-state index >= 15 is 0 Å². The zero-order chi connectivity index (χ0) is 22.2. The number of primary amides is 1. The summed E-state index contributed by atoms with van der Waals surface area (Å²) in [6.07, 6.45) is 0. The van der Waals surface area contributed by atoms with Gasteiger partial charge in [0.1, 0.15) is 4.90 Å². The fraction of sp³-hybridized carbons (Fsp3) is 0.100. The molecule has 4 rings (SSSR count). The number of benzene rings is 2. The van der Waals surface area contributed by atoms with Crippen molar-refractivity contribution < 1.29 is 13.2 Å². The third-order valence-electron chi connectivity index (χ3n) is 4.74. The van der Waals surface area contributed by atoms with Crippen LogP contribution in [0.2, 0.25) is 0 Å². The molecule has 0 bridgehead atoms. The molecule has 10 nitrogen and oxygen atoms in total. The number of anilines is 1. The van der Waals surface area contributed by atoms with Crippen molar-refractivity contribution in [2.24, 2.45) is 10.9 Å². The fourth-order valence-corrected chi connectivity index (χ4v) is 4.06. The molecular formula is C20H19N7O3S. The van der Waals surface area contributed by atoms with Crippen molar-refractivity contribution in [3.05, 3.63) is 65.5 Å². The number of aromatic nitrogens is 4. The molecule has 2 heterocycles. The van der Waals surface area contributed by atoms with Crippen LogP contribution >= 0.6 is 0 Å². The number of primary sulfonamides is 1. The monoisotopic (exact) mass is 437 g/mol. The summed E-state index contributed by atoms with van der Waals surface area (Å²) in [6.45, 7) is 2.15. The smallest absolute Gasteiger partial charge is 0.273 e. The number of carbonyl (C=O) groups is 1. The molecule has 0 fully saturated rings. The van der Waals surface area contributed by atoms with E-state index < -0.39 is 15.9 Å². The van der Waals surface area contributed by atoms with Crippen LogP contribution < -0.4 is 16.2 Å². The first-order valence-electron chi connectivity index (χ1n) is 9.22. The second kappa shape index (κ2) is 7.78. The number of para-hydroxylation sites is 1. The molecule has 0 radical (unpaired) electrons. The van der Waals surface area contributed by atoms with Gasteiger partial charge in [-0.3, -0.25) is 4.79 Å². The summed E-state index contributed by atoms with van der Waals surface area (Å²) in [4.78, 5) is 19.3. The minimum atomic E-state index is -3.94. The van der Waals surface area contributed by atoms with Crippen molar-refractivity contribution in [1.82, 2.24) is 20.2 Å². The van der Waals surface area contributed by atoms with E-state index in [1.54, 1.807) is 19.1 Å². The van der Waals surface area contributed by atoms with Crippen LogP contribution in [0.5, 0.6) is 0 Å². The lowest BCUT2D eigenvalue weighted by Crippen LogP contribution is -2.19. The van der Waals surface area contributed by atoms with Gasteiger partial charge in [-0.1, -0.05) is 42.5 Å². The van der Waals surface area contributed by atoms with Crippen LogP contribution in [0.4, 0.5) is 5.82 Å². The molecule has 0 atom stereocenters. The normalized spacial score (nSPS) is 11.5. The zero-order valence-corrected chi connectivity index (χ0v) is 17.3. The highest BCUT2D eigenvalue weighted by molar-refractivity contribution is 7.89. The molecule has 0 saturated carbocycles. The highest BCUT2D eigenvalue weighted by Crippen LogP contribution is 2.33. The Balaban J connectivity index is 1.83. The quantitative estimate of drug-likeness (QED) is 0.355. The number of carbonyl (C=O) groups excluding carboxylic acids is 1. The molecule has 0 saturated heterocycles. The number of H-pyrrole nitrogens is 1. The van der Waals surface area contributed by atoms with Crippen molar-refractivity contribution in [2.45, 2.75) is 18.4 Å². The molecule has 0 aliphatic heterocycles. The highest BCUT2D eigenvalue weighted by atomic mass is 32.2. The number of sulfonamides is 1. The molecule has 31 heavy (non-hydrogen) atoms. The van der Waals surface area contributed by atoms with Gasteiger partial charge in [-0.25, -0.2) is 18.5 Å². The lowest BCUT2D eigenvalue weighted by atomic mass is 10.1. The van der Waals surface area contributed by atoms with Gasteiger partial charge in [0, 0.05) is 23.2 Å². The van der Waals surface area contributed by atoms with Crippen molar-refractivity contribution in [1.29, 1.82) is 0 Å². The van der Waals surface area contributed by atoms with Crippen LogP contribution in [0.25, 0.3) is 22.3 Å². The average molecular weight is 437 g/mol. The summed E-state index contributed by atoms with van der Waals surface area (Å²) < 4.78 is 23.9. The zero-order valence-electron chi connectivity index (χ0n) is 16.5. The van der Waals surface area contributed by atoms with Gasteiger partial charge in [-0.05, 0) is 18.6 Å². The number of amides is 1. The Morgan fingerprint density at radius 1 is 1.10 bits per heavy atom. The summed E-state index contributed by atoms with van der Waals surface area (Å²) in [5.74, 6) is -0.386. The number of hydrogen-bond acceptors (Lipinski definition) is 7. The molecule has 1 amide bonds. The number of hydrogen-bond donors (Lipinski definition) is 4. The maximum absolute atomic E-state index is 12.0. The van der Waals surface area contributed by atoms with Crippen molar-refractivity contribution in [2.75, 3.05) is 5.32 Å². The second-order valence-corrected chi connectivity index (χ2v) is 8.41. The standard InChI is InChI=1S/C20H19N7O3S/c1-11-15(13-8-5-9-14(16(13)24-11)31(22,29)30)19-25-20(17(18(21)28)26-27-19)23-10-12-6-3-2-4-7-12/h2-9,24H,10H2,1H3,(H2,21,28)(H2,22,29,30)(H,23,25,27). The van der Waals surface area contributed by atoms with Crippen LogP contribution in [0, 0.1) is 6.92 Å². The number of nitrogens with zero attached hydrogens (tertiary/aromatic N) is 3. The number of aromatic amines is 1. The van der Waals surface area contributed by atoms with Crippen LogP contribution in [-0.2, 0) is 16.6 Å². The van der Waals surface area contributed by atoms with E-state index in [1.807, 2.05) is 30.3 Å². The molecule has 0 spiro atoms. The molecular weight excluding hydrogens is 418 g/mol. The van der Waals surface area contributed by atoms with Gasteiger partial charge in [0.2, 0.25) is 10.0 Å². The summed E-state index contributed by atoms with van der Waals surface area (Å²) in [5.41, 5.74) is 7.82. The maximum atomic E-state index is 12.0. The maximum Gasteiger partial charge on any atom is 0.273 e. The van der Waals surface area contributed by atoms with E-state index in [4.69, 9.17) is 10.9 Å². The predicted octanol–water partition coefficient (Wildman–Crippen LogP) is 1.69. The molecule has 0 aliphatic rings. The molecule has 158 valence electrons. The number of fused-ring (bicyclic) bond motifs is 1. The Kier molecular flexibility index (Phi) is 5.13. The molecule has 4 aromatic rings. The van der Waals surface area contributed by atoms with Gasteiger partial charge in [0.25, 0.3) is 5.91 Å². The highest BCUT2D eigenvalue weighted by Gasteiger charge is 2.22. The van der Waals surface area contributed by atoms with Gasteiger partial charge in [-0.2, -0.15) is 0 Å².